The van der Waals surface area contributed by atoms with Gasteiger partial charge < -0.3 is 10.6 Å². The van der Waals surface area contributed by atoms with E-state index < -0.39 is 0 Å². The number of nitrogens with two attached hydrogens (primary N) is 1. The zero-order valence-corrected chi connectivity index (χ0v) is 14.1. The Balaban J connectivity index is 0.00000162. The van der Waals surface area contributed by atoms with Gasteiger partial charge in [0.05, 0.1) is 5.01 Å². The van der Waals surface area contributed by atoms with Crippen LogP contribution in [0.1, 0.15) is 30.0 Å². The van der Waals surface area contributed by atoms with Gasteiger partial charge in [0, 0.05) is 37.1 Å². The first kappa shape index (κ1) is 15.7. The van der Waals surface area contributed by atoms with E-state index in [2.05, 4.69) is 20.3 Å². The normalized spacial score (nSPS) is 15.3. The number of aromatic nitrogens is 1. The molecule has 6 heteroatoms. The smallest absolute Gasteiger partial charge is 0.191 e. The van der Waals surface area contributed by atoms with E-state index in [1.54, 1.807) is 11.3 Å². The second-order valence-corrected chi connectivity index (χ2v) is 5.51. The fraction of sp³-hybridized carbons (Fsp3) is 0.667. The van der Waals surface area contributed by atoms with Gasteiger partial charge in [0.2, 0.25) is 0 Å². The van der Waals surface area contributed by atoms with Crippen LogP contribution in [0.25, 0.3) is 0 Å². The first-order valence-electron chi connectivity index (χ1n) is 6.10. The first-order valence-corrected chi connectivity index (χ1v) is 6.98. The summed E-state index contributed by atoms with van der Waals surface area (Å²) in [5, 5.41) is 3.29. The molecule has 4 nitrogen and oxygen atoms in total. The van der Waals surface area contributed by atoms with Crippen LogP contribution < -0.4 is 5.73 Å². The molecule has 0 aromatic carbocycles. The van der Waals surface area contributed by atoms with Crippen LogP contribution in [0.3, 0.4) is 0 Å². The lowest BCUT2D eigenvalue weighted by Gasteiger charge is -2.16. The molecule has 0 unspecified atom stereocenters. The number of rotatable bonds is 5. The van der Waals surface area contributed by atoms with Crippen molar-refractivity contribution >= 4 is 41.3 Å². The van der Waals surface area contributed by atoms with Gasteiger partial charge >= 0.3 is 0 Å². The van der Waals surface area contributed by atoms with Crippen molar-refractivity contribution in [2.24, 2.45) is 10.7 Å². The Kier molecular flexibility index (Phi) is 6.34. The Labute approximate surface area is 130 Å². The summed E-state index contributed by atoms with van der Waals surface area (Å²) in [5.74, 6) is 0.683. The first-order chi connectivity index (χ1) is 8.16. The van der Waals surface area contributed by atoms with Gasteiger partial charge in [-0.3, -0.25) is 4.99 Å². The molecular weight excluding hydrogens is 359 g/mol. The molecular formula is C12H21IN4S. The van der Waals surface area contributed by atoms with Crippen LogP contribution in [0.4, 0.5) is 0 Å². The van der Waals surface area contributed by atoms with E-state index >= 15 is 0 Å². The van der Waals surface area contributed by atoms with Gasteiger partial charge in [-0.1, -0.05) is 0 Å². The van der Waals surface area contributed by atoms with Gasteiger partial charge in [-0.05, 0) is 26.2 Å². The number of aryl methyl sites for hydroxylation is 2. The van der Waals surface area contributed by atoms with Crippen LogP contribution in [0.15, 0.2) is 10.4 Å². The second kappa shape index (κ2) is 7.28. The van der Waals surface area contributed by atoms with Crippen molar-refractivity contribution in [3.05, 3.63) is 16.1 Å². The van der Waals surface area contributed by atoms with Crippen molar-refractivity contribution in [3.8, 4) is 0 Å². The molecule has 0 saturated heterocycles. The summed E-state index contributed by atoms with van der Waals surface area (Å²) in [5.41, 5.74) is 7.02. The summed E-state index contributed by atoms with van der Waals surface area (Å²) >= 11 is 1.73. The number of thiazole rings is 1. The maximum Gasteiger partial charge on any atom is 0.191 e. The van der Waals surface area contributed by atoms with E-state index in [1.165, 1.54) is 17.8 Å². The fourth-order valence-electron chi connectivity index (χ4n) is 1.70. The number of aliphatic imine (C=N–C) groups is 1. The molecule has 0 spiro atoms. The lowest BCUT2D eigenvalue weighted by Crippen LogP contribution is -2.35. The molecule has 0 atom stereocenters. The average molecular weight is 380 g/mol. The minimum atomic E-state index is 0. The molecule has 2 N–H and O–H groups in total. The number of hydrogen-bond acceptors (Lipinski definition) is 3. The van der Waals surface area contributed by atoms with Crippen LogP contribution in [-0.2, 0) is 6.42 Å². The molecule has 2 rings (SSSR count). The molecule has 0 aliphatic heterocycles. The average Bonchev–Trinajstić information content (AvgIpc) is 3.07. The number of hydrogen-bond donors (Lipinski definition) is 1. The summed E-state index contributed by atoms with van der Waals surface area (Å²) in [4.78, 5) is 10.9. The number of nitrogens with zero attached hydrogens (tertiary/aromatic N) is 3. The maximum absolute atomic E-state index is 5.90. The van der Waals surface area contributed by atoms with Crippen molar-refractivity contribution in [1.29, 1.82) is 0 Å². The van der Waals surface area contributed by atoms with Crippen LogP contribution in [0.5, 0.6) is 0 Å². The predicted octanol–water partition coefficient (Wildman–Crippen LogP) is 2.41. The minimum absolute atomic E-state index is 0. The largest absolute Gasteiger partial charge is 0.370 e. The summed E-state index contributed by atoms with van der Waals surface area (Å²) < 4.78 is 0. The molecule has 0 radical (unpaired) electrons. The second-order valence-electron chi connectivity index (χ2n) is 4.57. The van der Waals surface area contributed by atoms with E-state index in [-0.39, 0.29) is 24.0 Å². The Morgan fingerprint density at radius 1 is 1.61 bits per heavy atom. The number of halogens is 1. The standard InChI is InChI=1S/C12H20N4S.HI/c1-9-8-17-11(15-9)4-3-7-14-12(13)16(2)10-5-6-10;/h8,10H,3-7H2,1-2H3,(H2,13,14);1H. The summed E-state index contributed by atoms with van der Waals surface area (Å²) in [7, 11) is 2.03. The van der Waals surface area contributed by atoms with Crippen molar-refractivity contribution in [1.82, 2.24) is 9.88 Å². The minimum Gasteiger partial charge on any atom is -0.370 e. The topological polar surface area (TPSA) is 54.5 Å². The van der Waals surface area contributed by atoms with Crippen molar-refractivity contribution in [2.75, 3.05) is 13.6 Å². The molecule has 1 aromatic heterocycles. The van der Waals surface area contributed by atoms with Gasteiger partial charge in [0.15, 0.2) is 5.96 Å². The van der Waals surface area contributed by atoms with E-state index in [4.69, 9.17) is 5.73 Å². The monoisotopic (exact) mass is 380 g/mol. The Morgan fingerprint density at radius 2 is 2.33 bits per heavy atom. The Bertz CT molecular complexity index is 401. The quantitative estimate of drug-likeness (QED) is 0.370. The molecule has 0 amide bonds. The lowest BCUT2D eigenvalue weighted by molar-refractivity contribution is 0.487. The molecule has 1 aliphatic carbocycles. The van der Waals surface area contributed by atoms with Crippen molar-refractivity contribution < 1.29 is 0 Å². The highest BCUT2D eigenvalue weighted by Crippen LogP contribution is 2.24. The molecule has 1 saturated carbocycles. The Hall–Kier alpha value is -0.370. The zero-order valence-electron chi connectivity index (χ0n) is 10.9. The molecule has 0 bridgehead atoms. The van der Waals surface area contributed by atoms with Gasteiger partial charge in [-0.15, -0.1) is 35.3 Å². The van der Waals surface area contributed by atoms with E-state index in [0.717, 1.165) is 25.1 Å². The highest BCUT2D eigenvalue weighted by atomic mass is 127. The fourth-order valence-corrected chi connectivity index (χ4v) is 2.52. The zero-order chi connectivity index (χ0) is 12.3. The van der Waals surface area contributed by atoms with Gasteiger partial charge in [-0.2, -0.15) is 0 Å². The van der Waals surface area contributed by atoms with Crippen LogP contribution >= 0.6 is 35.3 Å². The molecule has 1 aliphatic rings. The van der Waals surface area contributed by atoms with E-state index in [0.29, 0.717) is 12.0 Å². The SMILES string of the molecule is Cc1csc(CCCN=C(N)N(C)C2CC2)n1.I. The highest BCUT2D eigenvalue weighted by Gasteiger charge is 2.27. The molecule has 1 fully saturated rings. The van der Waals surface area contributed by atoms with Crippen LogP contribution in [0.2, 0.25) is 0 Å². The third kappa shape index (κ3) is 4.72. The summed E-state index contributed by atoms with van der Waals surface area (Å²) in [6.07, 6.45) is 4.53. The van der Waals surface area contributed by atoms with Gasteiger partial charge in [0.1, 0.15) is 0 Å². The predicted molar refractivity (Wildman–Crippen MR) is 87.9 cm³/mol. The van der Waals surface area contributed by atoms with Gasteiger partial charge in [-0.25, -0.2) is 4.98 Å². The molecule has 1 heterocycles. The van der Waals surface area contributed by atoms with Crippen molar-refractivity contribution in [3.63, 3.8) is 0 Å². The maximum atomic E-state index is 5.90. The van der Waals surface area contributed by atoms with Crippen LogP contribution in [-0.4, -0.2) is 35.5 Å². The van der Waals surface area contributed by atoms with E-state index in [1.807, 2.05) is 14.0 Å². The Morgan fingerprint density at radius 3 is 2.89 bits per heavy atom. The summed E-state index contributed by atoms with van der Waals surface area (Å²) in [6.45, 7) is 2.82. The third-order valence-corrected chi connectivity index (χ3v) is 3.97. The molecule has 102 valence electrons. The number of guanidine groups is 1. The van der Waals surface area contributed by atoms with Crippen LogP contribution in [0, 0.1) is 6.92 Å². The van der Waals surface area contributed by atoms with E-state index in [9.17, 15) is 0 Å². The van der Waals surface area contributed by atoms with Gasteiger partial charge in [0.25, 0.3) is 0 Å². The lowest BCUT2D eigenvalue weighted by atomic mass is 10.3. The third-order valence-electron chi connectivity index (χ3n) is 2.95. The molecule has 18 heavy (non-hydrogen) atoms. The molecule has 1 aromatic rings. The van der Waals surface area contributed by atoms with Crippen molar-refractivity contribution in [2.45, 2.75) is 38.6 Å². The summed E-state index contributed by atoms with van der Waals surface area (Å²) in [6, 6.07) is 0.639. The highest BCUT2D eigenvalue weighted by molar-refractivity contribution is 14.0.